The van der Waals surface area contributed by atoms with Crippen molar-refractivity contribution in [3.63, 3.8) is 0 Å². The van der Waals surface area contributed by atoms with Crippen LogP contribution in [-0.4, -0.2) is 25.1 Å². The molecule has 1 aromatic heterocycles. The van der Waals surface area contributed by atoms with Gasteiger partial charge in [-0.25, -0.2) is 8.42 Å². The Hall–Kier alpha value is -2.12. The van der Waals surface area contributed by atoms with Crippen LogP contribution < -0.4 is 10.0 Å². The number of aromatic hydroxyl groups is 1. The Morgan fingerprint density at radius 3 is 2.57 bits per heavy atom. The number of rotatable bonds is 5. The van der Waals surface area contributed by atoms with Crippen LogP contribution in [0.2, 0.25) is 0 Å². The number of benzene rings is 1. The third-order valence-corrected chi connectivity index (χ3v) is 4.89. The highest BCUT2D eigenvalue weighted by atomic mass is 32.2. The van der Waals surface area contributed by atoms with Crippen LogP contribution in [0.4, 0.5) is 5.69 Å². The van der Waals surface area contributed by atoms with Crippen molar-refractivity contribution in [2.24, 2.45) is 5.73 Å². The SMILES string of the molecule is CCN(c1cccc(O)c1)S(=O)(=O)c1ccc(CN)nc1. The van der Waals surface area contributed by atoms with Gasteiger partial charge in [-0.15, -0.1) is 0 Å². The molecule has 0 aliphatic carbocycles. The summed E-state index contributed by atoms with van der Waals surface area (Å²) in [7, 11) is -3.73. The van der Waals surface area contributed by atoms with Gasteiger partial charge >= 0.3 is 0 Å². The molecule has 0 saturated carbocycles. The minimum atomic E-state index is -3.73. The zero-order valence-corrected chi connectivity index (χ0v) is 12.4. The lowest BCUT2D eigenvalue weighted by molar-refractivity contribution is 0.475. The number of sulfonamides is 1. The Labute approximate surface area is 123 Å². The van der Waals surface area contributed by atoms with Crippen molar-refractivity contribution in [1.82, 2.24) is 4.98 Å². The fourth-order valence-electron chi connectivity index (χ4n) is 1.95. The van der Waals surface area contributed by atoms with Crippen molar-refractivity contribution < 1.29 is 13.5 Å². The molecule has 2 rings (SSSR count). The van der Waals surface area contributed by atoms with Gasteiger partial charge in [0.05, 0.1) is 11.4 Å². The van der Waals surface area contributed by atoms with E-state index >= 15 is 0 Å². The van der Waals surface area contributed by atoms with Gasteiger partial charge in [0, 0.05) is 25.4 Å². The topological polar surface area (TPSA) is 96.5 Å². The third-order valence-electron chi connectivity index (χ3n) is 3.00. The Morgan fingerprint density at radius 2 is 2.05 bits per heavy atom. The summed E-state index contributed by atoms with van der Waals surface area (Å²) < 4.78 is 26.5. The Kier molecular flexibility index (Phi) is 4.44. The second-order valence-corrected chi connectivity index (χ2v) is 6.24. The molecule has 0 aliphatic heterocycles. The zero-order valence-electron chi connectivity index (χ0n) is 11.6. The van der Waals surface area contributed by atoms with E-state index in [1.165, 1.54) is 28.7 Å². The normalized spacial score (nSPS) is 11.3. The maximum Gasteiger partial charge on any atom is 0.265 e. The molecule has 6 nitrogen and oxygen atoms in total. The predicted molar refractivity (Wildman–Crippen MR) is 80.4 cm³/mol. The molecule has 0 unspecified atom stereocenters. The molecule has 21 heavy (non-hydrogen) atoms. The van der Waals surface area contributed by atoms with E-state index in [1.807, 2.05) is 0 Å². The first-order chi connectivity index (χ1) is 9.98. The van der Waals surface area contributed by atoms with Crippen LogP contribution in [0.1, 0.15) is 12.6 Å². The van der Waals surface area contributed by atoms with E-state index in [9.17, 15) is 13.5 Å². The largest absolute Gasteiger partial charge is 0.508 e. The third kappa shape index (κ3) is 3.14. The molecule has 0 saturated heterocycles. The summed E-state index contributed by atoms with van der Waals surface area (Å²) in [6, 6.07) is 9.19. The van der Waals surface area contributed by atoms with Gasteiger partial charge in [0.25, 0.3) is 10.0 Å². The molecule has 1 aromatic carbocycles. The van der Waals surface area contributed by atoms with Crippen molar-refractivity contribution in [2.45, 2.75) is 18.4 Å². The van der Waals surface area contributed by atoms with Crippen LogP contribution in [0, 0.1) is 0 Å². The molecule has 0 radical (unpaired) electrons. The van der Waals surface area contributed by atoms with E-state index in [2.05, 4.69) is 4.98 Å². The number of phenols is 1. The van der Waals surface area contributed by atoms with Gasteiger partial charge < -0.3 is 10.8 Å². The minimum Gasteiger partial charge on any atom is -0.508 e. The number of nitrogens with two attached hydrogens (primary N) is 1. The molecule has 3 N–H and O–H groups in total. The summed E-state index contributed by atoms with van der Waals surface area (Å²) in [5.41, 5.74) is 6.48. The Balaban J connectivity index is 2.44. The van der Waals surface area contributed by atoms with Crippen LogP contribution in [0.3, 0.4) is 0 Å². The number of pyridine rings is 1. The number of hydrogen-bond acceptors (Lipinski definition) is 5. The lowest BCUT2D eigenvalue weighted by Gasteiger charge is -2.22. The maximum absolute atomic E-state index is 12.6. The van der Waals surface area contributed by atoms with E-state index in [-0.39, 0.29) is 23.7 Å². The van der Waals surface area contributed by atoms with Crippen molar-refractivity contribution in [2.75, 3.05) is 10.8 Å². The highest BCUT2D eigenvalue weighted by Crippen LogP contribution is 2.25. The number of nitrogens with zero attached hydrogens (tertiary/aromatic N) is 2. The first-order valence-electron chi connectivity index (χ1n) is 6.45. The lowest BCUT2D eigenvalue weighted by Crippen LogP contribution is -2.30. The van der Waals surface area contributed by atoms with Gasteiger partial charge in [0.15, 0.2) is 0 Å². The molecule has 0 amide bonds. The second kappa shape index (κ2) is 6.11. The first kappa shape index (κ1) is 15.3. The van der Waals surface area contributed by atoms with Crippen LogP contribution in [-0.2, 0) is 16.6 Å². The first-order valence-corrected chi connectivity index (χ1v) is 7.89. The fourth-order valence-corrected chi connectivity index (χ4v) is 3.36. The minimum absolute atomic E-state index is 0.0118. The Morgan fingerprint density at radius 1 is 1.29 bits per heavy atom. The van der Waals surface area contributed by atoms with E-state index < -0.39 is 10.0 Å². The molecule has 0 spiro atoms. The molecule has 1 heterocycles. The summed E-state index contributed by atoms with van der Waals surface area (Å²) in [6.45, 7) is 2.22. The van der Waals surface area contributed by atoms with Crippen molar-refractivity contribution in [1.29, 1.82) is 0 Å². The van der Waals surface area contributed by atoms with E-state index in [1.54, 1.807) is 25.1 Å². The van der Waals surface area contributed by atoms with Crippen LogP contribution >= 0.6 is 0 Å². The maximum atomic E-state index is 12.6. The summed E-state index contributed by atoms with van der Waals surface area (Å²) in [5, 5.41) is 9.51. The summed E-state index contributed by atoms with van der Waals surface area (Å²) in [6.07, 6.45) is 1.29. The van der Waals surface area contributed by atoms with Gasteiger partial charge in [-0.2, -0.15) is 0 Å². The highest BCUT2D eigenvalue weighted by molar-refractivity contribution is 7.92. The van der Waals surface area contributed by atoms with E-state index in [0.29, 0.717) is 11.4 Å². The molecule has 0 fully saturated rings. The number of anilines is 1. The highest BCUT2D eigenvalue weighted by Gasteiger charge is 2.24. The van der Waals surface area contributed by atoms with Crippen molar-refractivity contribution in [3.8, 4) is 5.75 Å². The molecule has 0 aliphatic rings. The monoisotopic (exact) mass is 307 g/mol. The molecule has 112 valence electrons. The zero-order chi connectivity index (χ0) is 15.5. The summed E-state index contributed by atoms with van der Waals surface area (Å²) >= 11 is 0. The van der Waals surface area contributed by atoms with Crippen LogP contribution in [0.5, 0.6) is 5.75 Å². The summed E-state index contributed by atoms with van der Waals surface area (Å²) in [4.78, 5) is 4.10. The quantitative estimate of drug-likeness (QED) is 0.871. The standard InChI is InChI=1S/C14H17N3O3S/c1-2-17(12-4-3-5-13(18)8-12)21(19,20)14-7-6-11(9-15)16-10-14/h3-8,10,18H,2,9,15H2,1H3. The van der Waals surface area contributed by atoms with Gasteiger partial charge in [0.2, 0.25) is 0 Å². The molecule has 0 atom stereocenters. The lowest BCUT2D eigenvalue weighted by atomic mass is 10.3. The molecular weight excluding hydrogens is 290 g/mol. The summed E-state index contributed by atoms with van der Waals surface area (Å²) in [5.74, 6) is 0.0118. The van der Waals surface area contributed by atoms with Crippen molar-refractivity contribution >= 4 is 15.7 Å². The number of aromatic nitrogens is 1. The predicted octanol–water partition coefficient (Wildman–Crippen LogP) is 1.46. The van der Waals surface area contributed by atoms with Gasteiger partial charge in [0.1, 0.15) is 10.6 Å². The number of hydrogen-bond donors (Lipinski definition) is 2. The smallest absolute Gasteiger partial charge is 0.265 e. The number of phenolic OH excluding ortho intramolecular Hbond substituents is 1. The van der Waals surface area contributed by atoms with Crippen LogP contribution in [0.25, 0.3) is 0 Å². The molecular formula is C14H17N3O3S. The molecule has 2 aromatic rings. The fraction of sp³-hybridized carbons (Fsp3) is 0.214. The average molecular weight is 307 g/mol. The van der Waals surface area contributed by atoms with Gasteiger partial charge in [-0.3, -0.25) is 9.29 Å². The Bertz CT molecular complexity index is 714. The van der Waals surface area contributed by atoms with E-state index in [4.69, 9.17) is 5.73 Å². The van der Waals surface area contributed by atoms with Gasteiger partial charge in [-0.05, 0) is 31.2 Å². The van der Waals surface area contributed by atoms with Gasteiger partial charge in [-0.1, -0.05) is 6.07 Å². The average Bonchev–Trinajstić information content (AvgIpc) is 2.48. The van der Waals surface area contributed by atoms with Crippen molar-refractivity contribution in [3.05, 3.63) is 48.3 Å². The van der Waals surface area contributed by atoms with E-state index in [0.717, 1.165) is 0 Å². The molecule has 0 bridgehead atoms. The van der Waals surface area contributed by atoms with Crippen LogP contribution in [0.15, 0.2) is 47.5 Å². The molecule has 7 heteroatoms. The second-order valence-electron chi connectivity index (χ2n) is 4.38.